The van der Waals surface area contributed by atoms with Crippen LogP contribution in [0.15, 0.2) is 23.1 Å². The maximum Gasteiger partial charge on any atom is 0.306 e. The molecule has 0 heterocycles. The molecule has 16 heavy (non-hydrogen) atoms. The van der Waals surface area contributed by atoms with E-state index in [1.54, 1.807) is 18.2 Å². The molecule has 88 valence electrons. The maximum atomic E-state index is 10.9. The number of ether oxygens (including phenoxy) is 1. The average molecular weight is 261 g/mol. The standard InChI is InChI=1S/C11H13ClO3S/c1-15-11(14)4-5-16-10-6-9(12)3-2-8(10)7-13/h2-3,6,13H,4-5,7H2,1H3. The normalized spacial score (nSPS) is 10.2. The molecule has 0 radical (unpaired) electrons. The summed E-state index contributed by atoms with van der Waals surface area (Å²) in [5.74, 6) is 0.375. The van der Waals surface area contributed by atoms with Crippen molar-refractivity contribution in [1.82, 2.24) is 0 Å². The minimum absolute atomic E-state index is 0.0300. The van der Waals surface area contributed by atoms with Gasteiger partial charge in [0.15, 0.2) is 0 Å². The predicted molar refractivity (Wildman–Crippen MR) is 64.7 cm³/mol. The van der Waals surface area contributed by atoms with E-state index in [0.717, 1.165) is 10.5 Å². The molecule has 3 nitrogen and oxygen atoms in total. The number of thioether (sulfide) groups is 1. The van der Waals surface area contributed by atoms with Crippen molar-refractivity contribution in [2.24, 2.45) is 0 Å². The lowest BCUT2D eigenvalue weighted by atomic mass is 10.2. The van der Waals surface area contributed by atoms with Gasteiger partial charge in [-0.3, -0.25) is 4.79 Å². The van der Waals surface area contributed by atoms with E-state index in [9.17, 15) is 4.79 Å². The summed E-state index contributed by atoms with van der Waals surface area (Å²) in [6, 6.07) is 5.30. The van der Waals surface area contributed by atoms with E-state index in [1.807, 2.05) is 0 Å². The summed E-state index contributed by atoms with van der Waals surface area (Å²) < 4.78 is 4.54. The largest absolute Gasteiger partial charge is 0.469 e. The van der Waals surface area contributed by atoms with E-state index in [1.165, 1.54) is 18.9 Å². The Labute approximate surface area is 104 Å². The minimum Gasteiger partial charge on any atom is -0.469 e. The highest BCUT2D eigenvalue weighted by Crippen LogP contribution is 2.26. The molecule has 5 heteroatoms. The molecule has 0 bridgehead atoms. The van der Waals surface area contributed by atoms with Gasteiger partial charge in [0.1, 0.15) is 0 Å². The van der Waals surface area contributed by atoms with Gasteiger partial charge in [0.05, 0.1) is 20.1 Å². The van der Waals surface area contributed by atoms with Gasteiger partial charge in [-0.25, -0.2) is 0 Å². The van der Waals surface area contributed by atoms with Crippen LogP contribution in [0, 0.1) is 0 Å². The van der Waals surface area contributed by atoms with Crippen molar-refractivity contribution in [3.63, 3.8) is 0 Å². The summed E-state index contributed by atoms with van der Waals surface area (Å²) in [4.78, 5) is 11.8. The number of hydrogen-bond acceptors (Lipinski definition) is 4. The Morgan fingerprint density at radius 2 is 2.31 bits per heavy atom. The number of halogens is 1. The highest BCUT2D eigenvalue weighted by Gasteiger charge is 2.05. The van der Waals surface area contributed by atoms with Gasteiger partial charge in [-0.1, -0.05) is 17.7 Å². The van der Waals surface area contributed by atoms with Crippen LogP contribution in [-0.2, 0) is 16.1 Å². The predicted octanol–water partition coefficient (Wildman–Crippen LogP) is 2.49. The lowest BCUT2D eigenvalue weighted by Gasteiger charge is -2.07. The molecule has 0 aliphatic rings. The first kappa shape index (κ1) is 13.4. The second-order valence-corrected chi connectivity index (χ2v) is 4.66. The molecular formula is C11H13ClO3S. The average Bonchev–Trinajstić information content (AvgIpc) is 2.29. The fourth-order valence-electron chi connectivity index (χ4n) is 1.14. The Morgan fingerprint density at radius 1 is 1.56 bits per heavy atom. The van der Waals surface area contributed by atoms with Crippen molar-refractivity contribution in [3.8, 4) is 0 Å². The van der Waals surface area contributed by atoms with E-state index < -0.39 is 0 Å². The highest BCUT2D eigenvalue weighted by atomic mass is 35.5. The number of hydrogen-bond donors (Lipinski definition) is 1. The van der Waals surface area contributed by atoms with Gasteiger partial charge in [-0.2, -0.15) is 0 Å². The lowest BCUT2D eigenvalue weighted by molar-refractivity contribution is -0.140. The summed E-state index contributed by atoms with van der Waals surface area (Å²) >= 11 is 7.34. The Balaban J connectivity index is 2.58. The smallest absolute Gasteiger partial charge is 0.306 e. The van der Waals surface area contributed by atoms with Crippen LogP contribution in [-0.4, -0.2) is 23.9 Å². The Bertz CT molecular complexity index is 368. The molecule has 0 saturated heterocycles. The van der Waals surface area contributed by atoms with E-state index >= 15 is 0 Å². The molecule has 0 saturated carbocycles. The SMILES string of the molecule is COC(=O)CCSc1cc(Cl)ccc1CO. The van der Waals surface area contributed by atoms with Gasteiger partial charge in [0.2, 0.25) is 0 Å². The topological polar surface area (TPSA) is 46.5 Å². The number of aliphatic hydroxyl groups is 1. The van der Waals surface area contributed by atoms with Crippen LogP contribution < -0.4 is 0 Å². The third-order valence-electron chi connectivity index (χ3n) is 1.99. The van der Waals surface area contributed by atoms with Crippen molar-refractivity contribution in [2.75, 3.05) is 12.9 Å². The Morgan fingerprint density at radius 3 is 2.94 bits per heavy atom. The molecular weight excluding hydrogens is 248 g/mol. The van der Waals surface area contributed by atoms with Gasteiger partial charge in [0.25, 0.3) is 0 Å². The zero-order chi connectivity index (χ0) is 12.0. The number of methoxy groups -OCH3 is 1. The van der Waals surface area contributed by atoms with Crippen LogP contribution in [0.5, 0.6) is 0 Å². The number of carbonyl (C=O) groups excluding carboxylic acids is 1. The number of rotatable bonds is 5. The van der Waals surface area contributed by atoms with Crippen LogP contribution in [0.2, 0.25) is 5.02 Å². The first-order valence-electron chi connectivity index (χ1n) is 4.76. The Kier molecular flexibility index (Phi) is 5.66. The number of esters is 1. The number of carbonyl (C=O) groups is 1. The molecule has 0 spiro atoms. The summed E-state index contributed by atoms with van der Waals surface area (Å²) in [5, 5.41) is 9.74. The van der Waals surface area contributed by atoms with Crippen molar-refractivity contribution < 1.29 is 14.6 Å². The lowest BCUT2D eigenvalue weighted by Crippen LogP contribution is -2.01. The second kappa shape index (κ2) is 6.78. The first-order chi connectivity index (χ1) is 7.67. The van der Waals surface area contributed by atoms with Crippen molar-refractivity contribution in [1.29, 1.82) is 0 Å². The van der Waals surface area contributed by atoms with Gasteiger partial charge >= 0.3 is 5.97 Å². The molecule has 0 unspecified atom stereocenters. The molecule has 0 aliphatic carbocycles. The fourth-order valence-corrected chi connectivity index (χ4v) is 2.39. The molecule has 1 aromatic carbocycles. The number of aliphatic hydroxyl groups excluding tert-OH is 1. The van der Waals surface area contributed by atoms with E-state index in [0.29, 0.717) is 17.2 Å². The first-order valence-corrected chi connectivity index (χ1v) is 6.12. The van der Waals surface area contributed by atoms with Gasteiger partial charge in [-0.05, 0) is 17.7 Å². The van der Waals surface area contributed by atoms with Crippen molar-refractivity contribution in [2.45, 2.75) is 17.9 Å². The zero-order valence-corrected chi connectivity index (χ0v) is 10.5. The van der Waals surface area contributed by atoms with Crippen LogP contribution in [0.25, 0.3) is 0 Å². The molecule has 0 fully saturated rings. The van der Waals surface area contributed by atoms with Crippen molar-refractivity contribution in [3.05, 3.63) is 28.8 Å². The molecule has 0 atom stereocenters. The molecule has 0 amide bonds. The van der Waals surface area contributed by atoms with Gasteiger partial charge in [0, 0.05) is 15.7 Å². The maximum absolute atomic E-state index is 10.9. The third kappa shape index (κ3) is 4.04. The van der Waals surface area contributed by atoms with Crippen molar-refractivity contribution >= 4 is 29.3 Å². The zero-order valence-electron chi connectivity index (χ0n) is 8.90. The van der Waals surface area contributed by atoms with E-state index in [2.05, 4.69) is 4.74 Å². The fraction of sp³-hybridized carbons (Fsp3) is 0.364. The molecule has 1 N–H and O–H groups in total. The van der Waals surface area contributed by atoms with E-state index in [-0.39, 0.29) is 12.6 Å². The van der Waals surface area contributed by atoms with Gasteiger partial charge in [-0.15, -0.1) is 11.8 Å². The number of benzene rings is 1. The second-order valence-electron chi connectivity index (χ2n) is 3.08. The van der Waals surface area contributed by atoms with Crippen LogP contribution >= 0.6 is 23.4 Å². The molecule has 0 aliphatic heterocycles. The quantitative estimate of drug-likeness (QED) is 0.653. The molecule has 1 rings (SSSR count). The van der Waals surface area contributed by atoms with Gasteiger partial charge < -0.3 is 9.84 Å². The highest BCUT2D eigenvalue weighted by molar-refractivity contribution is 7.99. The van der Waals surface area contributed by atoms with Crippen LogP contribution in [0.4, 0.5) is 0 Å². The van der Waals surface area contributed by atoms with Crippen LogP contribution in [0.3, 0.4) is 0 Å². The monoisotopic (exact) mass is 260 g/mol. The summed E-state index contributed by atoms with van der Waals surface area (Å²) in [6.45, 7) is -0.0300. The van der Waals surface area contributed by atoms with E-state index in [4.69, 9.17) is 16.7 Å². The van der Waals surface area contributed by atoms with Crippen LogP contribution in [0.1, 0.15) is 12.0 Å². The molecule has 0 aromatic heterocycles. The summed E-state index contributed by atoms with van der Waals surface area (Å²) in [5.41, 5.74) is 0.819. The summed E-state index contributed by atoms with van der Waals surface area (Å²) in [7, 11) is 1.37. The molecule has 1 aromatic rings. The Hall–Kier alpha value is -0.710. The minimum atomic E-state index is -0.236. The summed E-state index contributed by atoms with van der Waals surface area (Å²) in [6.07, 6.45) is 0.346. The third-order valence-corrected chi connectivity index (χ3v) is 3.33.